The number of fused-ring (bicyclic) bond motifs is 1. The maximum atomic E-state index is 13.7. The van der Waals surface area contributed by atoms with Gasteiger partial charge in [0.1, 0.15) is 11.9 Å². The van der Waals surface area contributed by atoms with Gasteiger partial charge >= 0.3 is 0 Å². The van der Waals surface area contributed by atoms with Crippen molar-refractivity contribution in [3.8, 4) is 11.5 Å². The fourth-order valence-corrected chi connectivity index (χ4v) is 5.86. The number of nitrogens with zero attached hydrogens (tertiary/aromatic N) is 5. The summed E-state index contributed by atoms with van der Waals surface area (Å²) in [6.45, 7) is 7.80. The number of hydrogen-bond donors (Lipinski definition) is 1. The molecule has 2 saturated heterocycles. The van der Waals surface area contributed by atoms with Crippen molar-refractivity contribution in [1.29, 1.82) is 0 Å². The molecule has 2 atom stereocenters. The number of methoxy groups -OCH3 is 2. The number of aromatic nitrogens is 2. The fourth-order valence-electron chi connectivity index (χ4n) is 5.23. The van der Waals surface area contributed by atoms with Crippen molar-refractivity contribution in [3.63, 3.8) is 0 Å². The van der Waals surface area contributed by atoms with Gasteiger partial charge in [0.25, 0.3) is 0 Å². The van der Waals surface area contributed by atoms with Gasteiger partial charge in [-0.1, -0.05) is 31.7 Å². The average Bonchev–Trinajstić information content (AvgIpc) is 3.51. The van der Waals surface area contributed by atoms with Crippen LogP contribution in [0, 0.1) is 5.92 Å². The summed E-state index contributed by atoms with van der Waals surface area (Å²) in [7, 11) is 3.07. The number of ether oxygens (including phenoxy) is 2. The Hall–Kier alpha value is -3.87. The monoisotopic (exact) mass is 612 g/mol. The molecule has 3 amide bonds. The Morgan fingerprint density at radius 3 is 2.42 bits per heavy atom. The van der Waals surface area contributed by atoms with Crippen molar-refractivity contribution in [2.45, 2.75) is 46.1 Å². The van der Waals surface area contributed by atoms with Crippen LogP contribution in [0.15, 0.2) is 24.3 Å². The molecule has 3 heterocycles. The van der Waals surface area contributed by atoms with Gasteiger partial charge in [0, 0.05) is 62.8 Å². The number of amides is 3. The maximum Gasteiger partial charge on any atom is 0.248 e. The second-order valence-corrected chi connectivity index (χ2v) is 11.8. The summed E-state index contributed by atoms with van der Waals surface area (Å²) in [6, 6.07) is 2.81. The Morgan fingerprint density at radius 2 is 1.77 bits per heavy atom. The molecule has 4 rings (SSSR count). The van der Waals surface area contributed by atoms with Crippen molar-refractivity contribution in [2.75, 3.05) is 62.9 Å². The highest BCUT2D eigenvalue weighted by atomic mass is 32.2. The van der Waals surface area contributed by atoms with Gasteiger partial charge in [0.05, 0.1) is 19.7 Å². The van der Waals surface area contributed by atoms with Crippen LogP contribution in [0.3, 0.4) is 0 Å². The summed E-state index contributed by atoms with van der Waals surface area (Å²) in [5.41, 5.74) is 0.552. The van der Waals surface area contributed by atoms with Gasteiger partial charge in [-0.15, -0.1) is 0 Å². The van der Waals surface area contributed by atoms with E-state index in [9.17, 15) is 19.2 Å². The van der Waals surface area contributed by atoms with E-state index in [4.69, 9.17) is 19.4 Å². The Morgan fingerprint density at radius 1 is 1.07 bits per heavy atom. The summed E-state index contributed by atoms with van der Waals surface area (Å²) >= 11 is 1.11. The number of allylic oxidation sites excluding steroid dienone is 1. The van der Waals surface area contributed by atoms with Gasteiger partial charge in [-0.3, -0.25) is 19.2 Å². The van der Waals surface area contributed by atoms with E-state index in [0.29, 0.717) is 85.5 Å². The van der Waals surface area contributed by atoms with Gasteiger partial charge in [-0.25, -0.2) is 4.98 Å². The number of thioether (sulfide) groups is 1. The van der Waals surface area contributed by atoms with E-state index in [2.05, 4.69) is 5.32 Å². The van der Waals surface area contributed by atoms with Crippen molar-refractivity contribution in [1.82, 2.24) is 19.8 Å². The minimum Gasteiger partial charge on any atom is -0.493 e. The molecule has 0 aliphatic carbocycles. The zero-order valence-corrected chi connectivity index (χ0v) is 26.2. The minimum absolute atomic E-state index is 0.0180. The molecule has 1 aromatic heterocycles. The molecule has 2 aliphatic heterocycles. The molecule has 13 heteroatoms. The van der Waals surface area contributed by atoms with Crippen LogP contribution in [-0.2, 0) is 19.2 Å². The normalized spacial score (nSPS) is 17.8. The lowest BCUT2D eigenvalue weighted by Crippen LogP contribution is -2.49. The predicted octanol–water partition coefficient (Wildman–Crippen LogP) is 3.11. The smallest absolute Gasteiger partial charge is 0.248 e. The highest BCUT2D eigenvalue weighted by molar-refractivity contribution is 8.13. The summed E-state index contributed by atoms with van der Waals surface area (Å²) in [6.07, 6.45) is 5.48. The lowest BCUT2D eigenvalue weighted by Gasteiger charge is -2.34. The first kappa shape index (κ1) is 32.1. The van der Waals surface area contributed by atoms with Crippen LogP contribution in [0.25, 0.3) is 10.9 Å². The number of benzene rings is 1. The van der Waals surface area contributed by atoms with Crippen LogP contribution < -0.4 is 19.7 Å². The Bertz CT molecular complexity index is 1390. The predicted molar refractivity (Wildman–Crippen MR) is 167 cm³/mol. The molecule has 0 saturated carbocycles. The summed E-state index contributed by atoms with van der Waals surface area (Å²) < 4.78 is 11.0. The van der Waals surface area contributed by atoms with Crippen LogP contribution in [-0.4, -0.2) is 101 Å². The second-order valence-electron chi connectivity index (χ2n) is 10.6. The van der Waals surface area contributed by atoms with Gasteiger partial charge < -0.3 is 29.5 Å². The molecule has 2 fully saturated rings. The molecule has 0 radical (unpaired) electrons. The third kappa shape index (κ3) is 7.56. The molecule has 2 aromatic rings. The number of carbonyl (C=O) groups excluding carboxylic acids is 4. The Balaban J connectivity index is 1.60. The average molecular weight is 613 g/mol. The molecule has 43 heavy (non-hydrogen) atoms. The van der Waals surface area contributed by atoms with Crippen LogP contribution in [0.2, 0.25) is 0 Å². The molecule has 12 nitrogen and oxygen atoms in total. The number of nitrogens with one attached hydrogen (secondary N) is 1. The number of anilines is 2. The quantitative estimate of drug-likeness (QED) is 0.399. The van der Waals surface area contributed by atoms with Crippen molar-refractivity contribution in [3.05, 3.63) is 24.3 Å². The fraction of sp³-hybridized carbons (Fsp3) is 0.533. The third-order valence-corrected chi connectivity index (χ3v) is 8.67. The third-order valence-electron chi connectivity index (χ3n) is 7.60. The van der Waals surface area contributed by atoms with Crippen molar-refractivity contribution in [2.24, 2.45) is 5.92 Å². The lowest BCUT2D eigenvalue weighted by molar-refractivity contribution is -0.139. The van der Waals surface area contributed by atoms with Crippen LogP contribution >= 0.6 is 11.8 Å². The molecular formula is C30H40N6O6S. The topological polar surface area (TPSA) is 134 Å². The first-order valence-corrected chi connectivity index (χ1v) is 15.5. The van der Waals surface area contributed by atoms with E-state index in [-0.39, 0.29) is 22.8 Å². The summed E-state index contributed by atoms with van der Waals surface area (Å²) in [4.78, 5) is 65.7. The van der Waals surface area contributed by atoms with Crippen molar-refractivity contribution >= 4 is 57.3 Å². The van der Waals surface area contributed by atoms with Crippen LogP contribution in [0.1, 0.15) is 40.0 Å². The molecule has 0 bridgehead atoms. The van der Waals surface area contributed by atoms with Gasteiger partial charge in [0.2, 0.25) is 23.7 Å². The number of hydrogen-bond acceptors (Lipinski definition) is 10. The van der Waals surface area contributed by atoms with E-state index in [0.717, 1.165) is 18.2 Å². The van der Waals surface area contributed by atoms with Gasteiger partial charge in [0.15, 0.2) is 16.6 Å². The second kappa shape index (κ2) is 14.5. The summed E-state index contributed by atoms with van der Waals surface area (Å²) in [5, 5.41) is 3.50. The van der Waals surface area contributed by atoms with Crippen LogP contribution in [0.4, 0.5) is 11.8 Å². The van der Waals surface area contributed by atoms with Crippen LogP contribution in [0.5, 0.6) is 11.5 Å². The largest absolute Gasteiger partial charge is 0.493 e. The zero-order chi connectivity index (χ0) is 31.1. The molecule has 2 unspecified atom stereocenters. The summed E-state index contributed by atoms with van der Waals surface area (Å²) in [5.74, 6) is 1.14. The van der Waals surface area contributed by atoms with E-state index < -0.39 is 12.0 Å². The van der Waals surface area contributed by atoms with E-state index >= 15 is 0 Å². The van der Waals surface area contributed by atoms with Crippen molar-refractivity contribution < 1.29 is 28.7 Å². The Labute approximate surface area is 256 Å². The van der Waals surface area contributed by atoms with E-state index in [1.165, 1.54) is 14.0 Å². The molecule has 2 aliphatic rings. The first-order chi connectivity index (χ1) is 20.7. The molecule has 1 aromatic carbocycles. The Kier molecular flexibility index (Phi) is 10.8. The zero-order valence-electron chi connectivity index (χ0n) is 25.4. The minimum atomic E-state index is -0.656. The molecule has 1 N–H and O–H groups in total. The number of carbonyl (C=O) groups is 4. The van der Waals surface area contributed by atoms with E-state index in [1.807, 2.05) is 17.9 Å². The standard InChI is InChI=1S/C30H40N6O6S/c1-6-7-10-26(38)34-12-14-35(15-13-34)30-31-22-17-25(42-5)24(41-4)16-21(22)27(33-30)32-28(39)23-9-8-11-36(23)29(40)19(2)18-43-20(3)37/h7,10,16-17,19,23H,6,8-9,11-15,18H2,1-5H3,(H,31,32,33,39)/b10-7+. The SMILES string of the molecule is CC/C=C/C(=O)N1CCN(c2nc(NC(=O)C3CCCN3C(=O)C(C)CSC(C)=O)c3cc(OC)c(OC)cc3n2)CC1. The molecule has 232 valence electrons. The molecule has 0 spiro atoms. The van der Waals surface area contributed by atoms with Gasteiger partial charge in [-0.2, -0.15) is 4.98 Å². The number of likely N-dealkylation sites (tertiary alicyclic amines) is 1. The van der Waals surface area contributed by atoms with Gasteiger partial charge in [-0.05, 0) is 31.4 Å². The first-order valence-electron chi connectivity index (χ1n) is 14.6. The lowest BCUT2D eigenvalue weighted by atomic mass is 10.1. The highest BCUT2D eigenvalue weighted by Crippen LogP contribution is 2.35. The number of piperazine rings is 1. The molecular weight excluding hydrogens is 572 g/mol. The van der Waals surface area contributed by atoms with E-state index in [1.54, 1.807) is 42.0 Å². The highest BCUT2D eigenvalue weighted by Gasteiger charge is 2.36. The maximum absolute atomic E-state index is 13.7. The number of rotatable bonds is 10.